The van der Waals surface area contributed by atoms with Crippen molar-refractivity contribution < 1.29 is 19.1 Å². The number of unbranched alkanes of at least 4 members (excludes halogenated alkanes) is 22. The summed E-state index contributed by atoms with van der Waals surface area (Å²) in [6.45, 7) is 4.57. The van der Waals surface area contributed by atoms with Gasteiger partial charge in [0.05, 0.1) is 5.88 Å². The lowest BCUT2D eigenvalue weighted by Gasteiger charge is -2.15. The van der Waals surface area contributed by atoms with E-state index in [1.807, 2.05) is 0 Å². The Kier molecular flexibility index (Phi) is 35.1. The summed E-state index contributed by atoms with van der Waals surface area (Å²) in [4.78, 5) is 24.3. The number of esters is 2. The molecule has 5 heteroatoms. The summed E-state index contributed by atoms with van der Waals surface area (Å²) in [7, 11) is 0. The van der Waals surface area contributed by atoms with Gasteiger partial charge in [-0.15, -0.1) is 11.6 Å². The van der Waals surface area contributed by atoms with Crippen molar-refractivity contribution in [1.82, 2.24) is 0 Å². The van der Waals surface area contributed by atoms with Crippen molar-refractivity contribution in [1.29, 1.82) is 0 Å². The monoisotopic (exact) mass is 675 g/mol. The van der Waals surface area contributed by atoms with Gasteiger partial charge in [0.25, 0.3) is 0 Å². The second kappa shape index (κ2) is 36.2. The van der Waals surface area contributed by atoms with Crippen molar-refractivity contribution in [3.63, 3.8) is 0 Å². The number of halogens is 1. The van der Waals surface area contributed by atoms with Crippen molar-refractivity contribution in [3.05, 3.63) is 24.3 Å². The predicted octanol–water partition coefficient (Wildman–Crippen LogP) is 12.8. The average molecular weight is 675 g/mol. The van der Waals surface area contributed by atoms with E-state index in [1.54, 1.807) is 0 Å². The Balaban J connectivity index is 3.58. The highest BCUT2D eigenvalue weighted by Crippen LogP contribution is 2.13. The molecule has 1 atom stereocenters. The Labute approximate surface area is 278 Å². The van der Waals surface area contributed by atoms with Gasteiger partial charge in [-0.25, -0.2) is 0 Å². The SMILES string of the molecule is [13CH3][13CH2][13CH2][13CH2][13CH2][13CH2][13CH2][13CH2]/[13CH]=[13CH]\[13CH2][13CH2][13CH2][13CH2][13CH2][13CH2][13CH2][13C](=O)OCC(CCl)O[13C](=O)[13CH2][13CH2][13CH2][13CH2][13CH2][13CH2][13CH2]/[13CH]=[13CH]\[13CH2][13CH2][13CH2][13CH2][13CH2][13CH2][13CH2][13CH3]. The van der Waals surface area contributed by atoms with E-state index in [0.29, 0.717) is 12.8 Å². The number of allylic oxidation sites excluding steroid dienone is 4. The quantitative estimate of drug-likeness (QED) is 0.0224. The molecule has 0 aromatic heterocycles. The molecule has 0 aliphatic heterocycles. The van der Waals surface area contributed by atoms with Gasteiger partial charge in [0.1, 0.15) is 12.7 Å². The first-order valence-corrected chi connectivity index (χ1v) is 19.4. The fourth-order valence-corrected chi connectivity index (χ4v) is 5.45. The van der Waals surface area contributed by atoms with Crippen LogP contribution in [0.3, 0.4) is 0 Å². The van der Waals surface area contributed by atoms with E-state index in [9.17, 15) is 9.59 Å². The Morgan fingerprint density at radius 1 is 0.500 bits per heavy atom. The highest BCUT2D eigenvalue weighted by Gasteiger charge is 2.16. The maximum atomic E-state index is 12.2. The van der Waals surface area contributed by atoms with Crippen LogP contribution in [0.2, 0.25) is 0 Å². The molecule has 0 bridgehead atoms. The smallest absolute Gasteiger partial charge is 0.306 e. The van der Waals surface area contributed by atoms with Crippen LogP contribution in [0.4, 0.5) is 0 Å². The normalized spacial score (nSPS) is 12.3. The Morgan fingerprint density at radius 3 is 1.23 bits per heavy atom. The Morgan fingerprint density at radius 2 is 0.841 bits per heavy atom. The predicted molar refractivity (Wildman–Crippen MR) is 190 cm³/mol. The molecule has 0 aromatic rings. The van der Waals surface area contributed by atoms with Crippen LogP contribution in [0.1, 0.15) is 194 Å². The van der Waals surface area contributed by atoms with Gasteiger partial charge >= 0.3 is 11.9 Å². The lowest BCUT2D eigenvalue weighted by Crippen LogP contribution is -2.26. The molecular weight excluding hydrogens is 604 g/mol. The molecule has 0 N–H and O–H groups in total. The van der Waals surface area contributed by atoms with Crippen LogP contribution in [0.15, 0.2) is 24.3 Å². The lowest BCUT2D eigenvalue weighted by molar-refractivity contribution is -0.157. The minimum atomic E-state index is -0.564. The van der Waals surface area contributed by atoms with Crippen molar-refractivity contribution in [2.75, 3.05) is 12.5 Å². The molecule has 0 fully saturated rings. The van der Waals surface area contributed by atoms with E-state index < -0.39 is 6.10 Å². The lowest BCUT2D eigenvalue weighted by atomic mass is 10.4. The second-order valence-corrected chi connectivity index (χ2v) is 12.9. The molecule has 0 heterocycles. The number of rotatable bonds is 34. The van der Waals surface area contributed by atoms with Crippen LogP contribution in [-0.4, -0.2) is 30.5 Å². The molecule has 44 heavy (non-hydrogen) atoms. The standard InChI is InChI=1S/C39H71ClO4/c1-3-5-7-9-11-13-15-17-19-21-23-25-27-29-31-33-38(41)43-36-37(35-40)44-39(42)34-32-30-28-26-24-22-20-18-16-14-12-10-8-6-4-2/h17-20,37H,3-16,21-36H2,1-2H3/b19-17-,20-18-/i1+1,2+1,3+1,4+1,5+1,6+1,7+1,8+1,9+1,10+1,11+1,12+1,13+1,14+1,15+1,16+1,17+1,18+1,19+1,20+1,21+1,22+1,23+1,24+1,25+1,26+1,27+1,28+1,29+1,30+1,31+1,32+1,33+1,34+1,38+1,39+1. The molecule has 0 amide bonds. The zero-order chi connectivity index (χ0) is 32.2. The van der Waals surface area contributed by atoms with E-state index >= 15 is 0 Å². The molecule has 0 saturated carbocycles. The Bertz CT molecular complexity index is 675. The summed E-state index contributed by atoms with van der Waals surface area (Å²) in [6, 6.07) is 0. The summed E-state index contributed by atoms with van der Waals surface area (Å²) < 4.78 is 10.8. The summed E-state index contributed by atoms with van der Waals surface area (Å²) in [5.74, 6) is -0.341. The first-order chi connectivity index (χ1) is 21.6. The minimum absolute atomic E-state index is 0.0471. The highest BCUT2D eigenvalue weighted by molar-refractivity contribution is 6.18. The van der Waals surface area contributed by atoms with Crippen molar-refractivity contribution in [2.24, 2.45) is 0 Å². The van der Waals surface area contributed by atoms with Crippen LogP contribution in [0, 0.1) is 0 Å². The number of ether oxygens (including phenoxy) is 2. The average Bonchev–Trinajstić information content (AvgIpc) is 3.02. The molecule has 0 rings (SSSR count). The van der Waals surface area contributed by atoms with Crippen molar-refractivity contribution >= 4 is 23.5 Å². The van der Waals surface area contributed by atoms with Gasteiger partial charge in [-0.3, -0.25) is 9.59 Å². The molecule has 258 valence electrons. The van der Waals surface area contributed by atoms with Gasteiger partial charge in [-0.1, -0.05) is 141 Å². The third kappa shape index (κ3) is 33.6. The fraction of sp³-hybridized carbons (Fsp3) is 0.846. The molecule has 0 radical (unpaired) electrons. The third-order valence-corrected chi connectivity index (χ3v) is 8.53. The van der Waals surface area contributed by atoms with E-state index in [1.165, 1.54) is 116 Å². The maximum absolute atomic E-state index is 12.2. The first kappa shape index (κ1) is 42.7. The van der Waals surface area contributed by atoms with E-state index in [0.717, 1.165) is 51.4 Å². The van der Waals surface area contributed by atoms with Crippen LogP contribution in [-0.2, 0) is 19.1 Å². The van der Waals surface area contributed by atoms with E-state index in [-0.39, 0.29) is 24.4 Å². The zero-order valence-electron chi connectivity index (χ0n) is 29.1. The molecule has 0 aromatic carbocycles. The number of carbonyl (C=O) groups is 2. The molecule has 1 unspecified atom stereocenters. The molecule has 0 saturated heterocycles. The second-order valence-electron chi connectivity index (χ2n) is 12.6. The van der Waals surface area contributed by atoms with Gasteiger partial charge in [-0.05, 0) is 64.2 Å². The molecule has 0 aliphatic carbocycles. The maximum Gasteiger partial charge on any atom is 0.306 e. The molecular formula is C39H71ClO4. The fourth-order valence-electron chi connectivity index (χ4n) is 5.29. The third-order valence-electron chi connectivity index (χ3n) is 8.19. The number of carbonyl (C=O) groups excluding carboxylic acids is 2. The molecule has 0 spiro atoms. The van der Waals surface area contributed by atoms with Crippen LogP contribution < -0.4 is 0 Å². The van der Waals surface area contributed by atoms with Crippen molar-refractivity contribution in [3.8, 4) is 0 Å². The number of hydrogen-bond donors (Lipinski definition) is 0. The van der Waals surface area contributed by atoms with E-state index in [2.05, 4.69) is 38.2 Å². The van der Waals surface area contributed by atoms with Crippen LogP contribution in [0.25, 0.3) is 0 Å². The summed E-state index contributed by atoms with van der Waals surface area (Å²) in [6.07, 6.45) is 41.5. The summed E-state index contributed by atoms with van der Waals surface area (Å²) in [5, 5.41) is 0. The largest absolute Gasteiger partial charge is 0.462 e. The minimum Gasteiger partial charge on any atom is -0.462 e. The Hall–Kier alpha value is -1.29. The summed E-state index contributed by atoms with van der Waals surface area (Å²) >= 11 is 5.96. The number of alkyl halides is 1. The highest BCUT2D eigenvalue weighted by atomic mass is 35.5. The van der Waals surface area contributed by atoms with Crippen LogP contribution in [0.5, 0.6) is 0 Å². The van der Waals surface area contributed by atoms with Gasteiger partial charge in [-0.2, -0.15) is 0 Å². The zero-order valence-corrected chi connectivity index (χ0v) is 29.9. The topological polar surface area (TPSA) is 52.6 Å². The molecule has 0 aliphatic rings. The van der Waals surface area contributed by atoms with E-state index in [4.69, 9.17) is 21.1 Å². The van der Waals surface area contributed by atoms with Gasteiger partial charge in [0.2, 0.25) is 0 Å². The van der Waals surface area contributed by atoms with Gasteiger partial charge in [0, 0.05) is 12.8 Å². The summed E-state index contributed by atoms with van der Waals surface area (Å²) in [5.41, 5.74) is 0. The van der Waals surface area contributed by atoms with Crippen molar-refractivity contribution in [2.45, 2.75) is 200 Å². The first-order valence-electron chi connectivity index (χ1n) is 18.8. The number of hydrogen-bond acceptors (Lipinski definition) is 4. The van der Waals surface area contributed by atoms with Gasteiger partial charge in [0.15, 0.2) is 0 Å². The van der Waals surface area contributed by atoms with Gasteiger partial charge < -0.3 is 9.47 Å². The molecule has 4 nitrogen and oxygen atoms in total. The van der Waals surface area contributed by atoms with Crippen LogP contribution >= 0.6 is 11.6 Å².